The monoisotopic (exact) mass is 424 g/mol. The van der Waals surface area contributed by atoms with E-state index in [1.54, 1.807) is 14.0 Å². The molecule has 0 aliphatic carbocycles. The normalized spacial score (nSPS) is 16.6. The lowest BCUT2D eigenvalue weighted by atomic mass is 10.1. The van der Waals surface area contributed by atoms with Gasteiger partial charge in [0.05, 0.1) is 12.7 Å². The second-order valence-corrected chi connectivity index (χ2v) is 14.4. The van der Waals surface area contributed by atoms with Crippen LogP contribution in [0.5, 0.6) is 0 Å². The number of hydrogen-bond acceptors (Lipinski definition) is 6. The average Bonchev–Trinajstić information content (AvgIpc) is 2.54. The predicted molar refractivity (Wildman–Crippen MR) is 117 cm³/mol. The van der Waals surface area contributed by atoms with Crippen LogP contribution in [0.15, 0.2) is 0 Å². The fourth-order valence-corrected chi connectivity index (χ4v) is 8.42. The fraction of sp³-hybridized carbons (Fsp3) is 1.00. The van der Waals surface area contributed by atoms with E-state index in [2.05, 4.69) is 55.4 Å². The standard InChI is InChI=1S/C20H44O5SSi/c1-14(2)11-12-23-20(18(9)21)19(22-10)13-24-27(16(5)6,17(7)8)25-26-15(3)4/h14-21H,11-13H2,1-10H3. The number of rotatable bonds is 15. The number of hydrogen-bond donors (Lipinski definition) is 1. The van der Waals surface area contributed by atoms with Gasteiger partial charge in [0.15, 0.2) is 0 Å². The van der Waals surface area contributed by atoms with Gasteiger partial charge in [-0.25, -0.2) is 0 Å². The van der Waals surface area contributed by atoms with Crippen molar-refractivity contribution in [2.75, 3.05) is 20.3 Å². The van der Waals surface area contributed by atoms with E-state index in [1.807, 2.05) is 0 Å². The predicted octanol–water partition coefficient (Wildman–Crippen LogP) is 5.17. The molecule has 0 bridgehead atoms. The van der Waals surface area contributed by atoms with Crippen LogP contribution in [0.25, 0.3) is 0 Å². The van der Waals surface area contributed by atoms with E-state index in [0.29, 0.717) is 35.5 Å². The van der Waals surface area contributed by atoms with Crippen molar-refractivity contribution in [2.24, 2.45) is 5.92 Å². The highest BCUT2D eigenvalue weighted by Gasteiger charge is 2.47. The van der Waals surface area contributed by atoms with Crippen LogP contribution < -0.4 is 0 Å². The van der Waals surface area contributed by atoms with Crippen LogP contribution in [0.3, 0.4) is 0 Å². The molecular formula is C20H44O5SSi. The van der Waals surface area contributed by atoms with Crippen LogP contribution >= 0.6 is 12.0 Å². The van der Waals surface area contributed by atoms with Gasteiger partial charge in [-0.2, -0.15) is 0 Å². The third-order valence-corrected chi connectivity index (χ3v) is 10.3. The maximum Gasteiger partial charge on any atom is 0.356 e. The molecule has 27 heavy (non-hydrogen) atoms. The number of aliphatic hydroxyl groups is 1. The minimum Gasteiger partial charge on any atom is -0.391 e. The topological polar surface area (TPSA) is 57.2 Å². The zero-order chi connectivity index (χ0) is 21.2. The molecule has 0 aromatic heterocycles. The van der Waals surface area contributed by atoms with E-state index < -0.39 is 20.8 Å². The van der Waals surface area contributed by atoms with Crippen molar-refractivity contribution in [1.29, 1.82) is 0 Å². The smallest absolute Gasteiger partial charge is 0.356 e. The van der Waals surface area contributed by atoms with Crippen molar-refractivity contribution in [1.82, 2.24) is 0 Å². The Hall–Kier alpha value is 0.367. The van der Waals surface area contributed by atoms with Gasteiger partial charge in [-0.1, -0.05) is 55.4 Å². The van der Waals surface area contributed by atoms with Crippen LogP contribution in [-0.4, -0.2) is 57.6 Å². The van der Waals surface area contributed by atoms with E-state index in [1.165, 1.54) is 12.0 Å². The number of methoxy groups -OCH3 is 1. The molecule has 0 aliphatic rings. The molecule has 0 heterocycles. The first kappa shape index (κ1) is 27.4. The minimum atomic E-state index is -2.48. The fourth-order valence-electron chi connectivity index (χ4n) is 2.89. The largest absolute Gasteiger partial charge is 0.391 e. The summed E-state index contributed by atoms with van der Waals surface area (Å²) < 4.78 is 24.5. The first-order valence-electron chi connectivity index (χ1n) is 10.3. The summed E-state index contributed by atoms with van der Waals surface area (Å²) in [6.07, 6.45) is -0.441. The number of ether oxygens (including phenoxy) is 2. The molecule has 3 atom stereocenters. The van der Waals surface area contributed by atoms with Gasteiger partial charge >= 0.3 is 8.56 Å². The first-order valence-corrected chi connectivity index (χ1v) is 13.1. The lowest BCUT2D eigenvalue weighted by Gasteiger charge is -2.39. The van der Waals surface area contributed by atoms with Crippen LogP contribution in [0.4, 0.5) is 0 Å². The van der Waals surface area contributed by atoms with Crippen molar-refractivity contribution in [3.63, 3.8) is 0 Å². The molecule has 1 N–H and O–H groups in total. The zero-order valence-electron chi connectivity index (χ0n) is 19.2. The Morgan fingerprint density at radius 3 is 1.85 bits per heavy atom. The van der Waals surface area contributed by atoms with Crippen molar-refractivity contribution >= 4 is 20.6 Å². The molecule has 0 amide bonds. The van der Waals surface area contributed by atoms with E-state index in [9.17, 15) is 5.11 Å². The molecule has 0 radical (unpaired) electrons. The van der Waals surface area contributed by atoms with Crippen molar-refractivity contribution < 1.29 is 22.9 Å². The first-order chi connectivity index (χ1) is 12.5. The zero-order valence-corrected chi connectivity index (χ0v) is 21.0. The summed E-state index contributed by atoms with van der Waals surface area (Å²) in [6.45, 7) is 19.9. The maximum atomic E-state index is 10.2. The average molecular weight is 425 g/mol. The minimum absolute atomic E-state index is 0.299. The van der Waals surface area contributed by atoms with E-state index in [0.717, 1.165) is 6.42 Å². The molecule has 0 aliphatic heterocycles. The second-order valence-electron chi connectivity index (χ2n) is 8.60. The SMILES string of the molecule is COC(CO[Si](OSC(C)C)(C(C)C)C(C)C)C(OCCC(C)C)C(C)O. The molecule has 0 aromatic rings. The summed E-state index contributed by atoms with van der Waals surface area (Å²) in [6, 6.07) is 0. The van der Waals surface area contributed by atoms with Gasteiger partial charge in [-0.3, -0.25) is 0 Å². The maximum absolute atomic E-state index is 10.2. The summed E-state index contributed by atoms with van der Waals surface area (Å²) in [5.41, 5.74) is 0.598. The van der Waals surface area contributed by atoms with Crippen LogP contribution in [0.2, 0.25) is 11.1 Å². The highest BCUT2D eigenvalue weighted by atomic mass is 32.2. The van der Waals surface area contributed by atoms with Crippen LogP contribution in [0, 0.1) is 5.92 Å². The quantitative estimate of drug-likeness (QED) is 0.289. The van der Waals surface area contributed by atoms with Crippen LogP contribution in [0.1, 0.15) is 68.7 Å². The lowest BCUT2D eigenvalue weighted by molar-refractivity contribution is -0.121. The van der Waals surface area contributed by atoms with Gasteiger partial charge in [0.25, 0.3) is 0 Å². The summed E-state index contributed by atoms with van der Waals surface area (Å²) in [5.74, 6) is 0.556. The molecule has 0 aromatic carbocycles. The van der Waals surface area contributed by atoms with Gasteiger partial charge in [0.2, 0.25) is 0 Å². The molecule has 0 spiro atoms. The number of aliphatic hydroxyl groups excluding tert-OH is 1. The molecule has 3 unspecified atom stereocenters. The van der Waals surface area contributed by atoms with E-state index in [4.69, 9.17) is 17.8 Å². The van der Waals surface area contributed by atoms with E-state index >= 15 is 0 Å². The molecule has 0 saturated heterocycles. The Balaban J connectivity index is 5.18. The summed E-state index contributed by atoms with van der Waals surface area (Å²) in [5, 5.41) is 10.6. The van der Waals surface area contributed by atoms with Gasteiger partial charge < -0.3 is 22.9 Å². The molecule has 0 saturated carbocycles. The Morgan fingerprint density at radius 1 is 0.926 bits per heavy atom. The third kappa shape index (κ3) is 9.61. The highest BCUT2D eigenvalue weighted by molar-refractivity contribution is 7.96. The lowest BCUT2D eigenvalue weighted by Crippen LogP contribution is -2.51. The molecule has 5 nitrogen and oxygen atoms in total. The van der Waals surface area contributed by atoms with Crippen molar-refractivity contribution in [3.05, 3.63) is 0 Å². The second kappa shape index (κ2) is 13.6. The van der Waals surface area contributed by atoms with Gasteiger partial charge in [-0.05, 0) is 42.4 Å². The van der Waals surface area contributed by atoms with Crippen molar-refractivity contribution in [3.8, 4) is 0 Å². The molecular weight excluding hydrogens is 380 g/mol. The molecule has 0 fully saturated rings. The van der Waals surface area contributed by atoms with Gasteiger partial charge in [0, 0.05) is 19.0 Å². The summed E-state index contributed by atoms with van der Waals surface area (Å²) in [7, 11) is -0.830. The Morgan fingerprint density at radius 2 is 1.48 bits per heavy atom. The Kier molecular flexibility index (Phi) is 13.7. The van der Waals surface area contributed by atoms with Crippen LogP contribution in [-0.2, 0) is 17.8 Å². The molecule has 0 rings (SSSR count). The molecule has 164 valence electrons. The van der Waals surface area contributed by atoms with Gasteiger partial charge in [0.1, 0.15) is 12.2 Å². The summed E-state index contributed by atoms with van der Waals surface area (Å²) in [4.78, 5) is 0. The third-order valence-electron chi connectivity index (χ3n) is 4.60. The van der Waals surface area contributed by atoms with E-state index in [-0.39, 0.29) is 6.10 Å². The van der Waals surface area contributed by atoms with Crippen molar-refractivity contribution in [2.45, 2.75) is 103 Å². The summed E-state index contributed by atoms with van der Waals surface area (Å²) >= 11 is 1.50. The van der Waals surface area contributed by atoms with Gasteiger partial charge in [-0.15, -0.1) is 0 Å². The Labute approximate surface area is 173 Å². The molecule has 7 heteroatoms. The Bertz CT molecular complexity index is 369. The highest BCUT2D eigenvalue weighted by Crippen LogP contribution is 2.38.